The Hall–Kier alpha value is -3.09. The summed E-state index contributed by atoms with van der Waals surface area (Å²) in [6.45, 7) is 6.54. The largest absolute Gasteiger partial charge is 0.494 e. The maximum absolute atomic E-state index is 12.2. The second kappa shape index (κ2) is 16.8. The standard InChI is InChI=1S/C33H48N2O9/c1-4-27(36)23-44-33(43-22-25-7-12-31-30(21-25)34(16-20-42-31)14-5-17-39-2)24-35(32(37)38)15-13-29(33)26-8-10-28(11-9-26)41-19-6-18-40-3/h7-12,21,27,29,36H,4-6,13-20,22-24H2,1-3H3,(H,37,38)/t27-,29-,33+/m1/s1. The number of benzene rings is 2. The first-order chi connectivity index (χ1) is 21.4. The SMILES string of the molecule is CC[C@@H](O)CO[C@@]1(OCc2ccc3c(c2)N(CCCOC)CCO3)CN(C(=O)O)CC[C@@H]1c1ccc(OCCCOC)cc1. The summed E-state index contributed by atoms with van der Waals surface area (Å²) in [5.41, 5.74) is 2.86. The molecule has 11 heteroatoms. The fourth-order valence-corrected chi connectivity index (χ4v) is 5.67. The van der Waals surface area contributed by atoms with Gasteiger partial charge in [-0.3, -0.25) is 0 Å². The number of fused-ring (bicyclic) bond motifs is 1. The summed E-state index contributed by atoms with van der Waals surface area (Å²) < 4.78 is 35.2. The van der Waals surface area contributed by atoms with Crippen molar-refractivity contribution in [1.29, 1.82) is 0 Å². The lowest BCUT2D eigenvalue weighted by atomic mass is 9.83. The van der Waals surface area contributed by atoms with Crippen LogP contribution in [0.1, 0.15) is 49.7 Å². The van der Waals surface area contributed by atoms with E-state index in [0.29, 0.717) is 45.8 Å². The van der Waals surface area contributed by atoms with Crippen molar-refractivity contribution >= 4 is 11.8 Å². The van der Waals surface area contributed by atoms with Crippen molar-refractivity contribution in [3.8, 4) is 11.5 Å². The number of piperidine rings is 1. The number of anilines is 1. The molecule has 2 N–H and O–H groups in total. The summed E-state index contributed by atoms with van der Waals surface area (Å²) in [4.78, 5) is 15.8. The maximum atomic E-state index is 12.2. The lowest BCUT2D eigenvalue weighted by Crippen LogP contribution is -2.57. The van der Waals surface area contributed by atoms with E-state index in [4.69, 9.17) is 28.4 Å². The summed E-state index contributed by atoms with van der Waals surface area (Å²) in [6.07, 6.45) is 0.942. The van der Waals surface area contributed by atoms with E-state index < -0.39 is 18.0 Å². The number of methoxy groups -OCH3 is 2. The van der Waals surface area contributed by atoms with Gasteiger partial charge in [0.05, 0.1) is 44.7 Å². The summed E-state index contributed by atoms with van der Waals surface area (Å²) in [7, 11) is 3.37. The van der Waals surface area contributed by atoms with Crippen molar-refractivity contribution in [2.45, 2.75) is 57.0 Å². The number of carboxylic acid groups (broad SMARTS) is 1. The number of aliphatic hydroxyl groups excluding tert-OH is 1. The number of nitrogens with zero attached hydrogens (tertiary/aromatic N) is 2. The average Bonchev–Trinajstić information content (AvgIpc) is 3.05. The first-order valence-electron chi connectivity index (χ1n) is 15.5. The zero-order valence-corrected chi connectivity index (χ0v) is 26.2. The minimum atomic E-state index is -1.32. The molecule has 2 aromatic carbocycles. The normalized spacial score (nSPS) is 20.6. The predicted octanol–water partition coefficient (Wildman–Crippen LogP) is 4.51. The molecule has 11 nitrogen and oxygen atoms in total. The zero-order valence-electron chi connectivity index (χ0n) is 26.2. The van der Waals surface area contributed by atoms with Gasteiger partial charge in [-0.05, 0) is 54.7 Å². The van der Waals surface area contributed by atoms with E-state index in [0.717, 1.165) is 54.2 Å². The van der Waals surface area contributed by atoms with Crippen LogP contribution >= 0.6 is 0 Å². The van der Waals surface area contributed by atoms with E-state index in [9.17, 15) is 15.0 Å². The van der Waals surface area contributed by atoms with Gasteiger partial charge in [0.25, 0.3) is 0 Å². The molecule has 0 spiro atoms. The third-order valence-electron chi connectivity index (χ3n) is 8.18. The Kier molecular flexibility index (Phi) is 12.9. The Bertz CT molecular complexity index is 1160. The molecule has 0 aliphatic carbocycles. The van der Waals surface area contributed by atoms with Crippen LogP contribution in [0, 0.1) is 0 Å². The molecule has 244 valence electrons. The van der Waals surface area contributed by atoms with E-state index in [1.807, 2.05) is 43.3 Å². The van der Waals surface area contributed by atoms with Gasteiger partial charge >= 0.3 is 6.09 Å². The smallest absolute Gasteiger partial charge is 0.407 e. The van der Waals surface area contributed by atoms with Crippen LogP contribution in [-0.2, 0) is 25.6 Å². The maximum Gasteiger partial charge on any atom is 0.407 e. The highest BCUT2D eigenvalue weighted by Gasteiger charge is 2.48. The molecule has 0 saturated carbocycles. The van der Waals surface area contributed by atoms with Gasteiger partial charge in [-0.15, -0.1) is 0 Å². The molecule has 1 saturated heterocycles. The Labute approximate surface area is 260 Å². The van der Waals surface area contributed by atoms with Crippen LogP contribution in [0.4, 0.5) is 10.5 Å². The van der Waals surface area contributed by atoms with Crippen molar-refractivity contribution in [2.24, 2.45) is 0 Å². The highest BCUT2D eigenvalue weighted by molar-refractivity contribution is 5.65. The van der Waals surface area contributed by atoms with E-state index in [-0.39, 0.29) is 25.7 Å². The van der Waals surface area contributed by atoms with Crippen LogP contribution in [0.25, 0.3) is 0 Å². The zero-order chi connectivity index (χ0) is 31.4. The number of hydrogen-bond acceptors (Lipinski definition) is 9. The number of ether oxygens (including phenoxy) is 6. The summed E-state index contributed by atoms with van der Waals surface area (Å²) in [6, 6.07) is 13.8. The van der Waals surface area contributed by atoms with Crippen molar-refractivity contribution in [2.75, 3.05) is 78.3 Å². The van der Waals surface area contributed by atoms with Gasteiger partial charge < -0.3 is 48.4 Å². The van der Waals surface area contributed by atoms with Gasteiger partial charge in [-0.25, -0.2) is 4.79 Å². The highest BCUT2D eigenvalue weighted by atomic mass is 16.7. The minimum Gasteiger partial charge on any atom is -0.494 e. The van der Waals surface area contributed by atoms with Crippen molar-refractivity contribution < 1.29 is 43.4 Å². The summed E-state index contributed by atoms with van der Waals surface area (Å²) in [5.74, 6) is -0.0335. The van der Waals surface area contributed by atoms with Gasteiger partial charge in [0.2, 0.25) is 0 Å². The number of carbonyl (C=O) groups is 1. The molecule has 0 aromatic heterocycles. The van der Waals surface area contributed by atoms with Crippen LogP contribution in [0.3, 0.4) is 0 Å². The van der Waals surface area contributed by atoms with E-state index in [1.54, 1.807) is 14.2 Å². The van der Waals surface area contributed by atoms with Crippen LogP contribution in [-0.4, -0.2) is 107 Å². The molecule has 2 aromatic rings. The lowest BCUT2D eigenvalue weighted by molar-refractivity contribution is -0.280. The molecule has 4 rings (SSSR count). The van der Waals surface area contributed by atoms with Gasteiger partial charge in [-0.2, -0.15) is 0 Å². The van der Waals surface area contributed by atoms with Crippen LogP contribution in [0.15, 0.2) is 42.5 Å². The van der Waals surface area contributed by atoms with Gasteiger partial charge in [-0.1, -0.05) is 25.1 Å². The van der Waals surface area contributed by atoms with Crippen molar-refractivity contribution in [1.82, 2.24) is 4.90 Å². The number of likely N-dealkylation sites (tertiary alicyclic amines) is 1. The van der Waals surface area contributed by atoms with Gasteiger partial charge in [0.1, 0.15) is 18.1 Å². The topological polar surface area (TPSA) is 119 Å². The monoisotopic (exact) mass is 616 g/mol. The Morgan fingerprint density at radius 3 is 2.55 bits per heavy atom. The fourth-order valence-electron chi connectivity index (χ4n) is 5.67. The quantitative estimate of drug-likeness (QED) is 0.194. The molecule has 2 heterocycles. The third kappa shape index (κ3) is 8.98. The molecule has 2 aliphatic heterocycles. The van der Waals surface area contributed by atoms with E-state index in [2.05, 4.69) is 11.0 Å². The molecule has 44 heavy (non-hydrogen) atoms. The number of hydrogen-bond donors (Lipinski definition) is 2. The average molecular weight is 617 g/mol. The molecule has 2 aliphatic rings. The molecule has 1 fully saturated rings. The summed E-state index contributed by atoms with van der Waals surface area (Å²) >= 11 is 0. The van der Waals surface area contributed by atoms with Crippen LogP contribution in [0.5, 0.6) is 11.5 Å². The third-order valence-corrected chi connectivity index (χ3v) is 8.18. The molecule has 0 bridgehead atoms. The van der Waals surface area contributed by atoms with Crippen molar-refractivity contribution in [3.05, 3.63) is 53.6 Å². The van der Waals surface area contributed by atoms with E-state index >= 15 is 0 Å². The molecular formula is C33H48N2O9. The summed E-state index contributed by atoms with van der Waals surface area (Å²) in [5, 5.41) is 20.4. The van der Waals surface area contributed by atoms with Gasteiger partial charge in [0, 0.05) is 52.9 Å². The Morgan fingerprint density at radius 1 is 1.05 bits per heavy atom. The first kappa shape index (κ1) is 33.8. The predicted molar refractivity (Wildman–Crippen MR) is 166 cm³/mol. The Balaban J connectivity index is 1.59. The molecule has 3 atom stereocenters. The van der Waals surface area contributed by atoms with Crippen LogP contribution in [0.2, 0.25) is 0 Å². The molecule has 0 radical (unpaired) electrons. The molecule has 1 amide bonds. The lowest BCUT2D eigenvalue weighted by Gasteiger charge is -2.47. The number of amides is 1. The van der Waals surface area contributed by atoms with Gasteiger partial charge in [0.15, 0.2) is 5.79 Å². The number of aliphatic hydroxyl groups is 1. The molecular weight excluding hydrogens is 568 g/mol. The van der Waals surface area contributed by atoms with Crippen molar-refractivity contribution in [3.63, 3.8) is 0 Å². The fraction of sp³-hybridized carbons (Fsp3) is 0.606. The van der Waals surface area contributed by atoms with Crippen LogP contribution < -0.4 is 14.4 Å². The molecule has 0 unspecified atom stereocenters. The highest BCUT2D eigenvalue weighted by Crippen LogP contribution is 2.42. The van der Waals surface area contributed by atoms with E-state index in [1.165, 1.54) is 4.90 Å². The minimum absolute atomic E-state index is 0.00982. The number of rotatable bonds is 17. The second-order valence-corrected chi connectivity index (χ2v) is 11.3. The Morgan fingerprint density at radius 2 is 1.82 bits per heavy atom. The first-order valence-corrected chi connectivity index (χ1v) is 15.5. The second-order valence-electron chi connectivity index (χ2n) is 11.3.